The molecule has 1 amide bonds. The summed E-state index contributed by atoms with van der Waals surface area (Å²) in [7, 11) is 1.58. The molecule has 2 N–H and O–H groups in total. The Bertz CT molecular complexity index is 270. The molecule has 0 aromatic heterocycles. The van der Waals surface area contributed by atoms with Crippen molar-refractivity contribution in [3.05, 3.63) is 0 Å². The molecule has 1 atom stereocenters. The summed E-state index contributed by atoms with van der Waals surface area (Å²) >= 11 is 0. The van der Waals surface area contributed by atoms with E-state index in [0.29, 0.717) is 26.1 Å². The van der Waals surface area contributed by atoms with E-state index < -0.39 is 5.97 Å². The molecule has 0 aromatic carbocycles. The van der Waals surface area contributed by atoms with Crippen molar-refractivity contribution in [1.29, 1.82) is 0 Å². The minimum absolute atomic E-state index is 0.0758. The highest BCUT2D eigenvalue weighted by Crippen LogP contribution is 2.15. The molecule has 17 heavy (non-hydrogen) atoms. The number of nitrogens with one attached hydrogen (secondary N) is 1. The number of carbonyl (C=O) groups excluding carboxylic acids is 1. The van der Waals surface area contributed by atoms with Gasteiger partial charge in [-0.25, -0.2) is 0 Å². The van der Waals surface area contributed by atoms with Crippen LogP contribution in [-0.2, 0) is 14.3 Å². The van der Waals surface area contributed by atoms with Crippen molar-refractivity contribution in [3.63, 3.8) is 0 Å². The minimum Gasteiger partial charge on any atom is -0.481 e. The summed E-state index contributed by atoms with van der Waals surface area (Å²) in [5.74, 6) is -1.18. The lowest BCUT2D eigenvalue weighted by molar-refractivity contribution is -0.144. The Morgan fingerprint density at radius 3 is 2.94 bits per heavy atom. The molecule has 0 radical (unpaired) electrons. The van der Waals surface area contributed by atoms with Crippen LogP contribution in [0.15, 0.2) is 0 Å². The lowest BCUT2D eigenvalue weighted by Gasteiger charge is -2.29. The number of rotatable bonds is 6. The zero-order valence-corrected chi connectivity index (χ0v) is 10.1. The Labute approximate surface area is 101 Å². The van der Waals surface area contributed by atoms with Gasteiger partial charge in [-0.3, -0.25) is 14.5 Å². The molecule has 0 bridgehead atoms. The van der Waals surface area contributed by atoms with Gasteiger partial charge in [0.05, 0.1) is 19.1 Å². The number of carboxylic acid groups (broad SMARTS) is 1. The maximum absolute atomic E-state index is 11.5. The fourth-order valence-corrected chi connectivity index (χ4v) is 1.95. The van der Waals surface area contributed by atoms with E-state index >= 15 is 0 Å². The smallest absolute Gasteiger partial charge is 0.307 e. The molecular formula is C11H20N2O4. The molecule has 1 unspecified atom stereocenters. The minimum atomic E-state index is -0.769. The van der Waals surface area contributed by atoms with Crippen molar-refractivity contribution >= 4 is 11.9 Å². The van der Waals surface area contributed by atoms with Gasteiger partial charge in [0.1, 0.15) is 0 Å². The average molecular weight is 244 g/mol. The second-order valence-corrected chi connectivity index (χ2v) is 4.26. The molecule has 1 fully saturated rings. The van der Waals surface area contributed by atoms with E-state index in [-0.39, 0.29) is 18.4 Å². The number of methoxy groups -OCH3 is 1. The van der Waals surface area contributed by atoms with Crippen LogP contribution >= 0.6 is 0 Å². The summed E-state index contributed by atoms with van der Waals surface area (Å²) in [4.78, 5) is 24.3. The number of hydrogen-bond donors (Lipinski definition) is 2. The molecule has 1 aliphatic heterocycles. The molecule has 0 aromatic rings. The van der Waals surface area contributed by atoms with Gasteiger partial charge in [-0.05, 0) is 19.4 Å². The summed E-state index contributed by atoms with van der Waals surface area (Å²) in [6.45, 7) is 2.51. The fraction of sp³-hybridized carbons (Fsp3) is 0.818. The molecule has 1 heterocycles. The van der Waals surface area contributed by atoms with Crippen LogP contribution in [0.2, 0.25) is 0 Å². The van der Waals surface area contributed by atoms with Crippen LogP contribution in [0.25, 0.3) is 0 Å². The summed E-state index contributed by atoms with van der Waals surface area (Å²) in [5, 5.41) is 11.6. The number of piperidine rings is 1. The molecule has 1 saturated heterocycles. The van der Waals surface area contributed by atoms with Gasteiger partial charge in [-0.1, -0.05) is 0 Å². The first-order chi connectivity index (χ1) is 8.13. The monoisotopic (exact) mass is 244 g/mol. The Hall–Kier alpha value is -1.14. The molecule has 6 nitrogen and oxygen atoms in total. The van der Waals surface area contributed by atoms with Crippen molar-refractivity contribution < 1.29 is 19.4 Å². The molecule has 1 rings (SSSR count). The zero-order valence-electron chi connectivity index (χ0n) is 10.1. The largest absolute Gasteiger partial charge is 0.481 e. The van der Waals surface area contributed by atoms with Gasteiger partial charge in [0, 0.05) is 20.2 Å². The van der Waals surface area contributed by atoms with Gasteiger partial charge in [-0.2, -0.15) is 0 Å². The van der Waals surface area contributed by atoms with Gasteiger partial charge in [0.15, 0.2) is 0 Å². The summed E-state index contributed by atoms with van der Waals surface area (Å²) < 4.78 is 4.82. The summed E-state index contributed by atoms with van der Waals surface area (Å²) in [6.07, 6.45) is 1.54. The number of ether oxygens (including phenoxy) is 1. The maximum Gasteiger partial charge on any atom is 0.307 e. The van der Waals surface area contributed by atoms with Crippen molar-refractivity contribution in [2.75, 3.05) is 39.9 Å². The van der Waals surface area contributed by atoms with Gasteiger partial charge in [-0.15, -0.1) is 0 Å². The van der Waals surface area contributed by atoms with Crippen molar-refractivity contribution in [2.45, 2.75) is 12.8 Å². The van der Waals surface area contributed by atoms with Crippen LogP contribution in [0.5, 0.6) is 0 Å². The number of likely N-dealkylation sites (tertiary alicyclic amines) is 1. The Kier molecular flexibility index (Phi) is 5.93. The lowest BCUT2D eigenvalue weighted by Crippen LogP contribution is -2.44. The lowest BCUT2D eigenvalue weighted by atomic mass is 9.98. The number of carboxylic acids is 1. The molecule has 0 spiro atoms. The predicted octanol–water partition coefficient (Wildman–Crippen LogP) is -0.454. The fourth-order valence-electron chi connectivity index (χ4n) is 1.95. The molecule has 0 saturated carbocycles. The Morgan fingerprint density at radius 2 is 2.29 bits per heavy atom. The molecule has 98 valence electrons. The molecule has 0 aliphatic carbocycles. The Balaban J connectivity index is 2.26. The average Bonchev–Trinajstić information content (AvgIpc) is 2.29. The van der Waals surface area contributed by atoms with Gasteiger partial charge in [0.25, 0.3) is 0 Å². The van der Waals surface area contributed by atoms with Crippen LogP contribution < -0.4 is 5.32 Å². The van der Waals surface area contributed by atoms with E-state index in [1.54, 1.807) is 7.11 Å². The predicted molar refractivity (Wildman–Crippen MR) is 61.7 cm³/mol. The van der Waals surface area contributed by atoms with Gasteiger partial charge < -0.3 is 15.2 Å². The van der Waals surface area contributed by atoms with Gasteiger partial charge in [0.2, 0.25) is 5.91 Å². The molecule has 1 aliphatic rings. The van der Waals surface area contributed by atoms with Crippen LogP contribution in [0.3, 0.4) is 0 Å². The number of amides is 1. The van der Waals surface area contributed by atoms with Crippen LogP contribution in [0, 0.1) is 5.92 Å². The summed E-state index contributed by atoms with van der Waals surface area (Å²) in [5.41, 5.74) is 0. The highest BCUT2D eigenvalue weighted by Gasteiger charge is 2.26. The zero-order chi connectivity index (χ0) is 12.7. The molecule has 6 heteroatoms. The standard InChI is InChI=1S/C11H20N2O4/c1-17-6-4-12-10(14)8-13-5-2-3-9(7-13)11(15)16/h9H,2-8H2,1H3,(H,12,14)(H,15,16). The number of carbonyl (C=O) groups is 2. The SMILES string of the molecule is COCCNC(=O)CN1CCCC(C(=O)O)C1. The first-order valence-corrected chi connectivity index (χ1v) is 5.84. The number of aliphatic carboxylic acids is 1. The normalized spacial score (nSPS) is 21.1. The third kappa shape index (κ3) is 5.14. The second-order valence-electron chi connectivity index (χ2n) is 4.26. The first kappa shape index (κ1) is 13.9. The topological polar surface area (TPSA) is 78.9 Å². The maximum atomic E-state index is 11.5. The van der Waals surface area contributed by atoms with E-state index in [1.807, 2.05) is 4.90 Å². The van der Waals surface area contributed by atoms with Crippen LogP contribution in [0.1, 0.15) is 12.8 Å². The van der Waals surface area contributed by atoms with Crippen molar-refractivity contribution in [2.24, 2.45) is 5.92 Å². The van der Waals surface area contributed by atoms with Gasteiger partial charge >= 0.3 is 5.97 Å². The highest BCUT2D eigenvalue weighted by molar-refractivity contribution is 5.78. The van der Waals surface area contributed by atoms with Crippen LogP contribution in [-0.4, -0.2) is 61.8 Å². The van der Waals surface area contributed by atoms with E-state index in [4.69, 9.17) is 9.84 Å². The number of nitrogens with zero attached hydrogens (tertiary/aromatic N) is 1. The molecular weight excluding hydrogens is 224 g/mol. The van der Waals surface area contributed by atoms with Crippen LogP contribution in [0.4, 0.5) is 0 Å². The first-order valence-electron chi connectivity index (χ1n) is 5.84. The number of hydrogen-bond acceptors (Lipinski definition) is 4. The quantitative estimate of drug-likeness (QED) is 0.618. The van der Waals surface area contributed by atoms with E-state index in [0.717, 1.165) is 13.0 Å². The van der Waals surface area contributed by atoms with Crippen molar-refractivity contribution in [3.8, 4) is 0 Å². The van der Waals surface area contributed by atoms with E-state index in [2.05, 4.69) is 5.32 Å². The highest BCUT2D eigenvalue weighted by atomic mass is 16.5. The Morgan fingerprint density at radius 1 is 1.53 bits per heavy atom. The third-order valence-electron chi connectivity index (χ3n) is 2.85. The third-order valence-corrected chi connectivity index (χ3v) is 2.85. The second kappa shape index (κ2) is 7.24. The van der Waals surface area contributed by atoms with E-state index in [9.17, 15) is 9.59 Å². The van der Waals surface area contributed by atoms with E-state index in [1.165, 1.54) is 0 Å². The van der Waals surface area contributed by atoms with Crippen molar-refractivity contribution in [1.82, 2.24) is 10.2 Å². The summed E-state index contributed by atoms with van der Waals surface area (Å²) in [6, 6.07) is 0.